The van der Waals surface area contributed by atoms with Crippen molar-refractivity contribution in [2.24, 2.45) is 5.16 Å². The SMILES string of the molecule is CC(COP=O)=NO. The van der Waals surface area contributed by atoms with E-state index in [1.54, 1.807) is 6.92 Å². The van der Waals surface area contributed by atoms with E-state index in [4.69, 9.17) is 5.21 Å². The third-order valence-corrected chi connectivity index (χ3v) is 0.731. The monoisotopic (exact) mass is 135 g/mol. The molecule has 0 aromatic carbocycles. The zero-order chi connectivity index (χ0) is 6.41. The summed E-state index contributed by atoms with van der Waals surface area (Å²) < 4.78 is 13.9. The summed E-state index contributed by atoms with van der Waals surface area (Å²) in [5, 5.41) is 10.7. The molecule has 0 aliphatic rings. The van der Waals surface area contributed by atoms with Gasteiger partial charge in [-0.15, -0.1) is 0 Å². The van der Waals surface area contributed by atoms with Crippen molar-refractivity contribution in [2.45, 2.75) is 6.92 Å². The van der Waals surface area contributed by atoms with Crippen LogP contribution in [0.5, 0.6) is 0 Å². The van der Waals surface area contributed by atoms with E-state index >= 15 is 0 Å². The molecule has 8 heavy (non-hydrogen) atoms. The predicted molar refractivity (Wildman–Crippen MR) is 28.5 cm³/mol. The van der Waals surface area contributed by atoms with E-state index in [1.165, 1.54) is 0 Å². The van der Waals surface area contributed by atoms with E-state index in [-0.39, 0.29) is 6.61 Å². The lowest BCUT2D eigenvalue weighted by molar-refractivity contribution is 0.310. The van der Waals surface area contributed by atoms with Crippen LogP contribution in [-0.2, 0) is 9.09 Å². The molecule has 4 nitrogen and oxygen atoms in total. The molecule has 1 N–H and O–H groups in total. The summed E-state index contributed by atoms with van der Waals surface area (Å²) in [5.74, 6) is 0. The summed E-state index contributed by atoms with van der Waals surface area (Å²) in [5.41, 5.74) is 0.397. The summed E-state index contributed by atoms with van der Waals surface area (Å²) in [4.78, 5) is 0. The molecule has 0 atom stereocenters. The third kappa shape index (κ3) is 3.71. The first kappa shape index (κ1) is 7.53. The second kappa shape index (κ2) is 4.68. The Bertz CT molecular complexity index is 103. The van der Waals surface area contributed by atoms with Crippen molar-refractivity contribution in [3.63, 3.8) is 0 Å². The average molecular weight is 135 g/mol. The zero-order valence-electron chi connectivity index (χ0n) is 4.37. The van der Waals surface area contributed by atoms with E-state index in [2.05, 4.69) is 9.68 Å². The number of hydrogen-bond acceptors (Lipinski definition) is 4. The van der Waals surface area contributed by atoms with Crippen LogP contribution in [0.15, 0.2) is 5.16 Å². The summed E-state index contributed by atoms with van der Waals surface area (Å²) in [6.07, 6.45) is 0. The highest BCUT2D eigenvalue weighted by Gasteiger charge is 1.88. The van der Waals surface area contributed by atoms with Crippen molar-refractivity contribution < 1.29 is 14.3 Å². The van der Waals surface area contributed by atoms with E-state index in [9.17, 15) is 4.57 Å². The predicted octanol–water partition coefficient (Wildman–Crippen LogP) is 1.06. The van der Waals surface area contributed by atoms with Gasteiger partial charge >= 0.3 is 8.69 Å². The highest BCUT2D eigenvalue weighted by Crippen LogP contribution is 1.92. The van der Waals surface area contributed by atoms with Crippen LogP contribution in [0.3, 0.4) is 0 Å². The van der Waals surface area contributed by atoms with Gasteiger partial charge in [0.05, 0.1) is 5.71 Å². The Morgan fingerprint density at radius 2 is 2.62 bits per heavy atom. The molecule has 0 amide bonds. The molecule has 0 fully saturated rings. The minimum atomic E-state index is -0.392. The minimum Gasteiger partial charge on any atom is -0.411 e. The van der Waals surface area contributed by atoms with E-state index in [0.717, 1.165) is 0 Å². The number of hydrogen-bond donors (Lipinski definition) is 1. The van der Waals surface area contributed by atoms with Crippen LogP contribution in [0.2, 0.25) is 0 Å². The van der Waals surface area contributed by atoms with Gasteiger partial charge in [0.15, 0.2) is 0 Å². The molecule has 0 unspecified atom stereocenters. The van der Waals surface area contributed by atoms with Gasteiger partial charge in [0.1, 0.15) is 6.61 Å². The van der Waals surface area contributed by atoms with Crippen LogP contribution in [0.4, 0.5) is 0 Å². The lowest BCUT2D eigenvalue weighted by Crippen LogP contribution is -1.97. The topological polar surface area (TPSA) is 58.9 Å². The average Bonchev–Trinajstić information content (AvgIpc) is 1.83. The molecule has 0 saturated carbocycles. The van der Waals surface area contributed by atoms with Gasteiger partial charge in [-0.3, -0.25) is 4.52 Å². The smallest absolute Gasteiger partial charge is 0.327 e. The van der Waals surface area contributed by atoms with Gasteiger partial charge in [-0.05, 0) is 6.92 Å². The molecule has 0 bridgehead atoms. The van der Waals surface area contributed by atoms with Gasteiger partial charge in [-0.1, -0.05) is 5.16 Å². The summed E-state index contributed by atoms with van der Waals surface area (Å²) in [7, 11) is -0.392. The van der Waals surface area contributed by atoms with Crippen LogP contribution >= 0.6 is 8.69 Å². The largest absolute Gasteiger partial charge is 0.411 e. The fourth-order valence-electron chi connectivity index (χ4n) is 0.149. The molecule has 0 rings (SSSR count). The molecule has 0 aromatic rings. The Hall–Kier alpha value is -0.470. The molecule has 0 radical (unpaired) electrons. The van der Waals surface area contributed by atoms with Gasteiger partial charge in [-0.2, -0.15) is 0 Å². The first-order valence-corrected chi connectivity index (χ1v) is 2.66. The van der Waals surface area contributed by atoms with Crippen molar-refractivity contribution in [3.8, 4) is 0 Å². The van der Waals surface area contributed by atoms with Crippen LogP contribution in [0.1, 0.15) is 6.92 Å². The second-order valence-electron chi connectivity index (χ2n) is 1.18. The summed E-state index contributed by atoms with van der Waals surface area (Å²) in [6.45, 7) is 1.66. The highest BCUT2D eigenvalue weighted by atomic mass is 31.1. The van der Waals surface area contributed by atoms with Crippen molar-refractivity contribution >= 4 is 14.4 Å². The Kier molecular flexibility index (Phi) is 4.41. The van der Waals surface area contributed by atoms with Gasteiger partial charge in [-0.25, -0.2) is 4.57 Å². The van der Waals surface area contributed by atoms with E-state index in [1.807, 2.05) is 0 Å². The molecular formula is C3H6NO3P. The molecule has 5 heteroatoms. The quantitative estimate of drug-likeness (QED) is 0.272. The minimum absolute atomic E-state index is 0.0988. The molecule has 0 spiro atoms. The summed E-state index contributed by atoms with van der Waals surface area (Å²) >= 11 is 0. The molecule has 0 saturated heterocycles. The fraction of sp³-hybridized carbons (Fsp3) is 0.667. The van der Waals surface area contributed by atoms with Crippen molar-refractivity contribution in [2.75, 3.05) is 6.61 Å². The lowest BCUT2D eigenvalue weighted by atomic mass is 10.5. The van der Waals surface area contributed by atoms with Gasteiger partial charge < -0.3 is 5.21 Å². The van der Waals surface area contributed by atoms with Crippen molar-refractivity contribution in [1.29, 1.82) is 0 Å². The van der Waals surface area contributed by atoms with Crippen molar-refractivity contribution in [3.05, 3.63) is 0 Å². The molecular weight excluding hydrogens is 129 g/mol. The Morgan fingerprint density at radius 1 is 2.00 bits per heavy atom. The van der Waals surface area contributed by atoms with Gasteiger partial charge in [0.25, 0.3) is 0 Å². The molecule has 0 heterocycles. The normalized spacial score (nSPS) is 12.4. The maximum Gasteiger partial charge on any atom is 0.327 e. The Balaban J connectivity index is 3.24. The van der Waals surface area contributed by atoms with Crippen LogP contribution in [0, 0.1) is 0 Å². The molecule has 0 aliphatic carbocycles. The third-order valence-electron chi connectivity index (χ3n) is 0.497. The highest BCUT2D eigenvalue weighted by molar-refractivity contribution is 7.17. The van der Waals surface area contributed by atoms with E-state index in [0.29, 0.717) is 5.71 Å². The van der Waals surface area contributed by atoms with Gasteiger partial charge in [0, 0.05) is 0 Å². The first-order valence-electron chi connectivity index (χ1n) is 1.93. The zero-order valence-corrected chi connectivity index (χ0v) is 5.26. The van der Waals surface area contributed by atoms with Crippen molar-refractivity contribution in [1.82, 2.24) is 0 Å². The number of oxime groups is 1. The fourth-order valence-corrected chi connectivity index (χ4v) is 0.388. The van der Waals surface area contributed by atoms with E-state index < -0.39 is 8.69 Å². The molecule has 0 aliphatic heterocycles. The van der Waals surface area contributed by atoms with Crippen LogP contribution in [-0.4, -0.2) is 17.5 Å². The second-order valence-corrected chi connectivity index (χ2v) is 1.59. The van der Waals surface area contributed by atoms with Crippen LogP contribution < -0.4 is 0 Å². The Labute approximate surface area is 48.4 Å². The van der Waals surface area contributed by atoms with Gasteiger partial charge in [0.2, 0.25) is 0 Å². The number of nitrogens with zero attached hydrogens (tertiary/aromatic N) is 1. The first-order chi connectivity index (χ1) is 3.81. The lowest BCUT2D eigenvalue weighted by Gasteiger charge is -1.88. The maximum absolute atomic E-state index is 9.56. The number of rotatable bonds is 3. The summed E-state index contributed by atoms with van der Waals surface area (Å²) in [6, 6.07) is 0. The molecule has 0 aromatic heterocycles. The standard InChI is InChI=1S/C3H6NO3P/c1-3(4-5)2-7-8-6/h5H,2H2,1H3. The van der Waals surface area contributed by atoms with Crippen LogP contribution in [0.25, 0.3) is 0 Å². The maximum atomic E-state index is 9.56. The molecule has 46 valence electrons. The Morgan fingerprint density at radius 3 is 3.00 bits per heavy atom.